The second kappa shape index (κ2) is 5.53. The molecule has 0 amide bonds. The Balaban J connectivity index is 1.57. The highest BCUT2D eigenvalue weighted by Gasteiger charge is 2.39. The van der Waals surface area contributed by atoms with Crippen molar-refractivity contribution in [3.63, 3.8) is 0 Å². The van der Waals surface area contributed by atoms with Crippen molar-refractivity contribution in [2.75, 3.05) is 6.54 Å². The number of hydrogen-bond donors (Lipinski definition) is 1. The molecule has 1 aromatic carbocycles. The Morgan fingerprint density at radius 2 is 2.21 bits per heavy atom. The Kier molecular flexibility index (Phi) is 3.95. The first-order chi connectivity index (χ1) is 9.13. The van der Waals surface area contributed by atoms with Gasteiger partial charge in [0.25, 0.3) is 0 Å². The number of fused-ring (bicyclic) bond motifs is 2. The number of halogens is 2. The molecule has 1 aromatic rings. The van der Waals surface area contributed by atoms with E-state index in [0.29, 0.717) is 0 Å². The molecule has 2 aliphatic carbocycles. The lowest BCUT2D eigenvalue weighted by Gasteiger charge is -2.24. The summed E-state index contributed by atoms with van der Waals surface area (Å²) in [6.07, 6.45) is 5.77. The van der Waals surface area contributed by atoms with Crippen LogP contribution in [0.1, 0.15) is 44.2 Å². The standard InChI is InChI=1S/C16H21BrFN/c1-10(15-5-4-14(18)8-16(15)17)19-9-13-7-11-2-3-12(13)6-11/h4-5,8,10-13,19H,2-3,6-7,9H2,1H3. The van der Waals surface area contributed by atoms with E-state index >= 15 is 0 Å². The van der Waals surface area contributed by atoms with Crippen LogP contribution in [0.4, 0.5) is 4.39 Å². The van der Waals surface area contributed by atoms with Crippen molar-refractivity contribution in [1.82, 2.24) is 5.32 Å². The molecule has 19 heavy (non-hydrogen) atoms. The third-order valence-corrected chi connectivity index (χ3v) is 5.69. The van der Waals surface area contributed by atoms with Crippen molar-refractivity contribution < 1.29 is 4.39 Å². The molecule has 2 saturated carbocycles. The van der Waals surface area contributed by atoms with E-state index in [4.69, 9.17) is 0 Å². The van der Waals surface area contributed by atoms with Gasteiger partial charge < -0.3 is 5.32 Å². The molecule has 2 bridgehead atoms. The molecule has 0 heterocycles. The molecule has 2 aliphatic rings. The molecule has 0 aromatic heterocycles. The van der Waals surface area contributed by atoms with Crippen LogP contribution in [-0.4, -0.2) is 6.54 Å². The Bertz CT molecular complexity index is 462. The Morgan fingerprint density at radius 3 is 2.84 bits per heavy atom. The molecule has 0 aliphatic heterocycles. The summed E-state index contributed by atoms with van der Waals surface area (Å²) >= 11 is 3.45. The van der Waals surface area contributed by atoms with Gasteiger partial charge in [-0.25, -0.2) is 4.39 Å². The summed E-state index contributed by atoms with van der Waals surface area (Å²) in [7, 11) is 0. The third kappa shape index (κ3) is 2.87. The Morgan fingerprint density at radius 1 is 1.37 bits per heavy atom. The van der Waals surface area contributed by atoms with E-state index in [9.17, 15) is 4.39 Å². The molecule has 1 N–H and O–H groups in total. The van der Waals surface area contributed by atoms with Crippen molar-refractivity contribution >= 4 is 15.9 Å². The van der Waals surface area contributed by atoms with Crippen LogP contribution in [0, 0.1) is 23.6 Å². The summed E-state index contributed by atoms with van der Waals surface area (Å²) in [6.45, 7) is 3.26. The van der Waals surface area contributed by atoms with Crippen molar-refractivity contribution in [3.8, 4) is 0 Å². The molecule has 3 heteroatoms. The minimum Gasteiger partial charge on any atom is -0.310 e. The highest BCUT2D eigenvalue weighted by molar-refractivity contribution is 9.10. The van der Waals surface area contributed by atoms with Gasteiger partial charge in [0.05, 0.1) is 0 Å². The van der Waals surface area contributed by atoms with Crippen LogP contribution in [0.15, 0.2) is 22.7 Å². The highest BCUT2D eigenvalue weighted by atomic mass is 79.9. The topological polar surface area (TPSA) is 12.0 Å². The lowest BCUT2D eigenvalue weighted by molar-refractivity contribution is 0.309. The predicted molar refractivity (Wildman–Crippen MR) is 79.5 cm³/mol. The van der Waals surface area contributed by atoms with Crippen molar-refractivity contribution in [2.45, 2.75) is 38.6 Å². The minimum atomic E-state index is -0.184. The maximum atomic E-state index is 13.1. The highest BCUT2D eigenvalue weighted by Crippen LogP contribution is 2.48. The molecular formula is C16H21BrFN. The monoisotopic (exact) mass is 325 g/mol. The minimum absolute atomic E-state index is 0.184. The van der Waals surface area contributed by atoms with Crippen LogP contribution in [0.2, 0.25) is 0 Å². The van der Waals surface area contributed by atoms with Gasteiger partial charge >= 0.3 is 0 Å². The lowest BCUT2D eigenvalue weighted by Crippen LogP contribution is -2.28. The average molecular weight is 326 g/mol. The van der Waals surface area contributed by atoms with Gasteiger partial charge in [0.1, 0.15) is 5.82 Å². The first-order valence-corrected chi connectivity index (χ1v) is 8.11. The van der Waals surface area contributed by atoms with Crippen LogP contribution in [0.25, 0.3) is 0 Å². The molecule has 2 fully saturated rings. The largest absolute Gasteiger partial charge is 0.310 e. The zero-order valence-corrected chi connectivity index (χ0v) is 12.9. The van der Waals surface area contributed by atoms with Crippen LogP contribution in [0.5, 0.6) is 0 Å². The van der Waals surface area contributed by atoms with Gasteiger partial charge in [-0.3, -0.25) is 0 Å². The van der Waals surface area contributed by atoms with Crippen molar-refractivity contribution in [2.24, 2.45) is 17.8 Å². The summed E-state index contributed by atoms with van der Waals surface area (Å²) in [5, 5.41) is 3.63. The molecule has 4 atom stereocenters. The molecular weight excluding hydrogens is 305 g/mol. The zero-order valence-electron chi connectivity index (χ0n) is 11.3. The second-order valence-electron chi connectivity index (χ2n) is 6.23. The SMILES string of the molecule is CC(NCC1CC2CCC1C2)c1ccc(F)cc1Br. The van der Waals surface area contributed by atoms with Gasteiger partial charge in [0.15, 0.2) is 0 Å². The fourth-order valence-corrected chi connectivity index (χ4v) is 4.61. The molecule has 1 nitrogen and oxygen atoms in total. The lowest BCUT2D eigenvalue weighted by atomic mass is 9.88. The zero-order chi connectivity index (χ0) is 13.4. The fourth-order valence-electron chi connectivity index (χ4n) is 3.92. The summed E-state index contributed by atoms with van der Waals surface area (Å²) in [6, 6.07) is 5.23. The van der Waals surface area contributed by atoms with Crippen LogP contribution in [0.3, 0.4) is 0 Å². The van der Waals surface area contributed by atoms with E-state index in [1.807, 2.05) is 6.07 Å². The van der Waals surface area contributed by atoms with Gasteiger partial charge in [0.2, 0.25) is 0 Å². The van der Waals surface area contributed by atoms with E-state index in [-0.39, 0.29) is 11.9 Å². The first-order valence-electron chi connectivity index (χ1n) is 7.32. The van der Waals surface area contributed by atoms with E-state index < -0.39 is 0 Å². The van der Waals surface area contributed by atoms with E-state index in [1.165, 1.54) is 31.7 Å². The van der Waals surface area contributed by atoms with Gasteiger partial charge in [-0.1, -0.05) is 28.4 Å². The quantitative estimate of drug-likeness (QED) is 0.847. The van der Waals surface area contributed by atoms with Gasteiger partial charge in [0, 0.05) is 10.5 Å². The Labute approximate surface area is 123 Å². The predicted octanol–water partition coefficient (Wildman–Crippen LogP) is 4.68. The number of benzene rings is 1. The van der Waals surface area contributed by atoms with Gasteiger partial charge in [-0.05, 0) is 68.2 Å². The normalized spacial score (nSPS) is 30.8. The maximum absolute atomic E-state index is 13.1. The number of rotatable bonds is 4. The van der Waals surface area contributed by atoms with Crippen LogP contribution >= 0.6 is 15.9 Å². The third-order valence-electron chi connectivity index (χ3n) is 5.00. The summed E-state index contributed by atoms with van der Waals surface area (Å²) < 4.78 is 14.0. The molecule has 3 rings (SSSR count). The van der Waals surface area contributed by atoms with Crippen molar-refractivity contribution in [1.29, 1.82) is 0 Å². The molecule has 0 spiro atoms. The summed E-state index contributed by atoms with van der Waals surface area (Å²) in [5.74, 6) is 2.64. The maximum Gasteiger partial charge on any atom is 0.124 e. The second-order valence-corrected chi connectivity index (χ2v) is 7.09. The average Bonchev–Trinajstić information content (AvgIpc) is 2.98. The molecule has 4 unspecified atom stereocenters. The van der Waals surface area contributed by atoms with E-state index in [0.717, 1.165) is 34.3 Å². The van der Waals surface area contributed by atoms with Crippen LogP contribution < -0.4 is 5.32 Å². The molecule has 0 radical (unpaired) electrons. The summed E-state index contributed by atoms with van der Waals surface area (Å²) in [5.41, 5.74) is 1.14. The van der Waals surface area contributed by atoms with Crippen LogP contribution in [-0.2, 0) is 0 Å². The molecule has 104 valence electrons. The fraction of sp³-hybridized carbons (Fsp3) is 0.625. The first kappa shape index (κ1) is 13.6. The van der Waals surface area contributed by atoms with Gasteiger partial charge in [-0.2, -0.15) is 0 Å². The van der Waals surface area contributed by atoms with E-state index in [1.54, 1.807) is 6.07 Å². The van der Waals surface area contributed by atoms with Crippen molar-refractivity contribution in [3.05, 3.63) is 34.1 Å². The van der Waals surface area contributed by atoms with Gasteiger partial charge in [-0.15, -0.1) is 0 Å². The summed E-state index contributed by atoms with van der Waals surface area (Å²) in [4.78, 5) is 0. The van der Waals surface area contributed by atoms with E-state index in [2.05, 4.69) is 28.2 Å². The number of nitrogens with one attached hydrogen (secondary N) is 1. The number of hydrogen-bond acceptors (Lipinski definition) is 1. The molecule has 0 saturated heterocycles. The smallest absolute Gasteiger partial charge is 0.124 e. The Hall–Kier alpha value is -0.410.